The van der Waals surface area contributed by atoms with Crippen molar-refractivity contribution >= 4 is 202 Å². The molecule has 3 heterocycles. The normalized spacial score (nSPS) is 12.2. The highest BCUT2D eigenvalue weighted by molar-refractivity contribution is 14.1. The average molecular weight is 1140 g/mol. The van der Waals surface area contributed by atoms with E-state index in [4.69, 9.17) is 29.9 Å². The van der Waals surface area contributed by atoms with Crippen molar-refractivity contribution in [3.05, 3.63) is 57.8 Å². The van der Waals surface area contributed by atoms with E-state index in [2.05, 4.69) is 172 Å². The molecule has 7 rings (SSSR count). The molecular formula is C24H6I6N6. The van der Waals surface area contributed by atoms with Gasteiger partial charge in [-0.15, -0.1) is 0 Å². The van der Waals surface area contributed by atoms with Crippen LogP contribution in [0.1, 0.15) is 0 Å². The number of nitrogens with zero attached hydrogens (tertiary/aromatic N) is 6. The van der Waals surface area contributed by atoms with E-state index in [0.717, 1.165) is 54.5 Å². The van der Waals surface area contributed by atoms with E-state index in [1.54, 1.807) is 0 Å². The number of halogens is 6. The van der Waals surface area contributed by atoms with Crippen LogP contribution < -0.4 is 0 Å². The van der Waals surface area contributed by atoms with Gasteiger partial charge >= 0.3 is 0 Å². The van der Waals surface area contributed by atoms with Gasteiger partial charge in [-0.2, -0.15) is 0 Å². The summed E-state index contributed by atoms with van der Waals surface area (Å²) in [6, 6.07) is 12.4. The number of hydrogen-bond donors (Lipinski definition) is 0. The molecule has 174 valence electrons. The zero-order valence-corrected chi connectivity index (χ0v) is 30.4. The van der Waals surface area contributed by atoms with E-state index in [1.165, 1.54) is 0 Å². The van der Waals surface area contributed by atoms with Gasteiger partial charge in [0.25, 0.3) is 0 Å². The van der Waals surface area contributed by atoms with Gasteiger partial charge in [-0.3, -0.25) is 0 Å². The first-order chi connectivity index (χ1) is 17.3. The van der Waals surface area contributed by atoms with Crippen molar-refractivity contribution in [1.82, 2.24) is 29.9 Å². The van der Waals surface area contributed by atoms with Crippen molar-refractivity contribution in [1.29, 1.82) is 0 Å². The standard InChI is InChI=1S/C24H6I6N6/c25-7-1-13-14(2-8(7)26)32-20-19(31-13)21-23(35-16-4-10(28)9(27)3-15(16)33-21)24-22(20)34-17-5-11(29)12(30)6-18(17)36-24/h1-6H. The Morgan fingerprint density at radius 2 is 0.417 bits per heavy atom. The van der Waals surface area contributed by atoms with Gasteiger partial charge in [0.2, 0.25) is 0 Å². The maximum atomic E-state index is 5.07. The quantitative estimate of drug-likeness (QED) is 0.0861. The van der Waals surface area contributed by atoms with E-state index >= 15 is 0 Å². The summed E-state index contributed by atoms with van der Waals surface area (Å²) in [5.74, 6) is 0. The maximum absolute atomic E-state index is 5.07. The van der Waals surface area contributed by atoms with Crippen LogP contribution >= 0.6 is 136 Å². The highest BCUT2D eigenvalue weighted by Gasteiger charge is 2.20. The fraction of sp³-hybridized carbons (Fsp3) is 0. The molecule has 0 aliphatic carbocycles. The van der Waals surface area contributed by atoms with Gasteiger partial charge in [-0.25, -0.2) is 29.9 Å². The summed E-state index contributed by atoms with van der Waals surface area (Å²) in [5, 5.41) is 0. The zero-order valence-electron chi connectivity index (χ0n) is 17.4. The molecule has 0 fully saturated rings. The Morgan fingerprint density at radius 3 is 0.556 bits per heavy atom. The summed E-state index contributed by atoms with van der Waals surface area (Å²) in [6.45, 7) is 0. The highest BCUT2D eigenvalue weighted by Crippen LogP contribution is 2.35. The van der Waals surface area contributed by atoms with Gasteiger partial charge in [0.1, 0.15) is 33.1 Å². The Labute approximate surface area is 284 Å². The molecule has 0 radical (unpaired) electrons. The zero-order chi connectivity index (χ0) is 24.9. The molecule has 0 spiro atoms. The summed E-state index contributed by atoms with van der Waals surface area (Å²) in [7, 11) is 0. The van der Waals surface area contributed by atoms with Gasteiger partial charge in [0.05, 0.1) is 33.1 Å². The molecule has 0 aliphatic rings. The topological polar surface area (TPSA) is 77.3 Å². The molecule has 0 atom stereocenters. The fourth-order valence-electron chi connectivity index (χ4n) is 4.15. The molecule has 0 bridgehead atoms. The molecule has 0 aliphatic heterocycles. The largest absolute Gasteiger partial charge is 0.242 e. The molecule has 0 unspecified atom stereocenters. The van der Waals surface area contributed by atoms with Crippen LogP contribution in [-0.2, 0) is 0 Å². The van der Waals surface area contributed by atoms with Gasteiger partial charge < -0.3 is 0 Å². The summed E-state index contributed by atoms with van der Waals surface area (Å²) < 4.78 is 6.81. The second-order valence-corrected chi connectivity index (χ2v) is 15.0. The van der Waals surface area contributed by atoms with Crippen LogP contribution in [0.2, 0.25) is 0 Å². The monoisotopic (exact) mass is 1140 g/mol. The van der Waals surface area contributed by atoms with Crippen molar-refractivity contribution in [2.45, 2.75) is 0 Å². The third kappa shape index (κ3) is 4.03. The van der Waals surface area contributed by atoms with Crippen molar-refractivity contribution in [3.63, 3.8) is 0 Å². The summed E-state index contributed by atoms with van der Waals surface area (Å²) in [6.07, 6.45) is 0. The minimum atomic E-state index is 0.693. The van der Waals surface area contributed by atoms with E-state index in [1.807, 2.05) is 0 Å². The molecule has 0 saturated carbocycles. The Bertz CT molecular complexity index is 1710. The molecule has 6 nitrogen and oxygen atoms in total. The highest BCUT2D eigenvalue weighted by atomic mass is 127. The lowest BCUT2D eigenvalue weighted by Gasteiger charge is -2.11. The van der Waals surface area contributed by atoms with Crippen LogP contribution in [-0.4, -0.2) is 29.9 Å². The second kappa shape index (κ2) is 9.32. The molecule has 36 heavy (non-hydrogen) atoms. The van der Waals surface area contributed by atoms with E-state index in [9.17, 15) is 0 Å². The lowest BCUT2D eigenvalue weighted by molar-refractivity contribution is 1.33. The average Bonchev–Trinajstić information content (AvgIpc) is 2.84. The first-order valence-corrected chi connectivity index (χ1v) is 16.8. The van der Waals surface area contributed by atoms with Gasteiger partial charge in [0, 0.05) is 21.4 Å². The Balaban J connectivity index is 1.76. The van der Waals surface area contributed by atoms with Gasteiger partial charge in [-0.1, -0.05) is 0 Å². The summed E-state index contributed by atoms with van der Waals surface area (Å²) in [4.78, 5) is 30.4. The lowest BCUT2D eigenvalue weighted by Crippen LogP contribution is -2.00. The number of fused-ring (bicyclic) bond motifs is 9. The Morgan fingerprint density at radius 1 is 0.278 bits per heavy atom. The molecule has 4 aromatic carbocycles. The second-order valence-electron chi connectivity index (χ2n) is 8.03. The number of rotatable bonds is 0. The number of hydrogen-bond acceptors (Lipinski definition) is 6. The smallest absolute Gasteiger partial charge is 0.120 e. The predicted octanol–water partition coefficient (Wildman–Crippen LogP) is 8.60. The Hall–Kier alpha value is 0.0600. The first-order valence-electron chi connectivity index (χ1n) is 10.3. The third-order valence-electron chi connectivity index (χ3n) is 5.79. The molecule has 0 N–H and O–H groups in total. The molecular weight excluding hydrogens is 1130 g/mol. The van der Waals surface area contributed by atoms with Crippen LogP contribution in [0.4, 0.5) is 0 Å². The third-order valence-corrected chi connectivity index (χ3v) is 14.2. The first kappa shape index (κ1) is 25.1. The lowest BCUT2D eigenvalue weighted by atomic mass is 10.1. The molecule has 3 aromatic heterocycles. The Kier molecular flexibility index (Phi) is 6.49. The fourth-order valence-corrected chi connectivity index (χ4v) is 6.85. The number of aromatic nitrogens is 6. The van der Waals surface area contributed by atoms with Crippen molar-refractivity contribution in [2.75, 3.05) is 0 Å². The minimum Gasteiger partial charge on any atom is -0.242 e. The maximum Gasteiger partial charge on any atom is 0.120 e. The molecule has 7 aromatic rings. The molecule has 12 heteroatoms. The van der Waals surface area contributed by atoms with Crippen LogP contribution in [0.3, 0.4) is 0 Å². The SMILES string of the molecule is Ic1cc2nc3c4nc5cc(I)c(I)cc5nc4c4nc5cc(I)c(I)cc5nc4c3nc2cc1I. The number of benzene rings is 4. The molecule has 0 amide bonds. The van der Waals surface area contributed by atoms with Crippen LogP contribution in [0, 0.1) is 21.4 Å². The van der Waals surface area contributed by atoms with E-state index in [-0.39, 0.29) is 0 Å². The van der Waals surface area contributed by atoms with Crippen LogP contribution in [0.5, 0.6) is 0 Å². The van der Waals surface area contributed by atoms with Crippen LogP contribution in [0.25, 0.3) is 66.2 Å². The van der Waals surface area contributed by atoms with E-state index in [0.29, 0.717) is 33.1 Å². The van der Waals surface area contributed by atoms with Crippen molar-refractivity contribution in [2.24, 2.45) is 0 Å². The van der Waals surface area contributed by atoms with Crippen molar-refractivity contribution < 1.29 is 0 Å². The summed E-state index contributed by atoms with van der Waals surface area (Å²) >= 11 is 14.0. The van der Waals surface area contributed by atoms with Gasteiger partial charge in [-0.05, 0) is 172 Å². The minimum absolute atomic E-state index is 0.693. The molecule has 0 saturated heterocycles. The summed E-state index contributed by atoms with van der Waals surface area (Å²) in [5.41, 5.74) is 9.10. The van der Waals surface area contributed by atoms with E-state index < -0.39 is 0 Å². The van der Waals surface area contributed by atoms with Crippen LogP contribution in [0.15, 0.2) is 36.4 Å². The predicted molar refractivity (Wildman–Crippen MR) is 195 cm³/mol. The van der Waals surface area contributed by atoms with Gasteiger partial charge in [0.15, 0.2) is 0 Å². The van der Waals surface area contributed by atoms with Crippen molar-refractivity contribution in [3.8, 4) is 0 Å².